The van der Waals surface area contributed by atoms with Gasteiger partial charge < -0.3 is 14.4 Å². The molecule has 0 N–H and O–H groups in total. The molecule has 0 bridgehead atoms. The Morgan fingerprint density at radius 3 is 2.71 bits per heavy atom. The molecule has 1 aromatic rings. The van der Waals surface area contributed by atoms with Gasteiger partial charge >= 0.3 is 6.09 Å². The molecule has 1 aromatic carbocycles. The van der Waals surface area contributed by atoms with Crippen molar-refractivity contribution in [2.24, 2.45) is 11.8 Å². The van der Waals surface area contributed by atoms with Crippen LogP contribution in [0, 0.1) is 17.7 Å². The molecule has 134 valence electrons. The smallest absolute Gasteiger partial charge is 0.410 e. The third-order valence-electron chi connectivity index (χ3n) is 4.08. The fraction of sp³-hybridized carbons (Fsp3) is 0.611. The van der Waals surface area contributed by atoms with Gasteiger partial charge in [0, 0.05) is 13.1 Å². The fourth-order valence-electron chi connectivity index (χ4n) is 2.72. The molecule has 4 nitrogen and oxygen atoms in total. The second-order valence-electron chi connectivity index (χ2n) is 7.34. The van der Waals surface area contributed by atoms with E-state index >= 15 is 0 Å². The summed E-state index contributed by atoms with van der Waals surface area (Å²) in [6.45, 7) is 9.46. The Labute approximate surface area is 147 Å². The molecule has 0 radical (unpaired) electrons. The minimum absolute atomic E-state index is 0.268. The number of carbonyl (C=O) groups is 1. The van der Waals surface area contributed by atoms with E-state index in [1.807, 2.05) is 20.8 Å². The van der Waals surface area contributed by atoms with Crippen molar-refractivity contribution in [3.05, 3.63) is 29.0 Å². The highest BCUT2D eigenvalue weighted by Crippen LogP contribution is 2.29. The van der Waals surface area contributed by atoms with E-state index < -0.39 is 5.60 Å². The van der Waals surface area contributed by atoms with Crippen LogP contribution in [0.4, 0.5) is 9.18 Å². The SMILES string of the molecule is C[C@H]1CN(C(=O)OC(C)(C)C)CC[C@H]1COc1ccc(F)cc1Cl. The number of hydrogen-bond acceptors (Lipinski definition) is 3. The average molecular weight is 358 g/mol. The number of benzene rings is 1. The molecular weight excluding hydrogens is 333 g/mol. The summed E-state index contributed by atoms with van der Waals surface area (Å²) < 4.78 is 24.2. The van der Waals surface area contributed by atoms with E-state index in [0.717, 1.165) is 6.42 Å². The molecule has 0 unspecified atom stereocenters. The zero-order chi connectivity index (χ0) is 17.9. The maximum Gasteiger partial charge on any atom is 0.410 e. The second kappa shape index (κ2) is 7.60. The Bertz CT molecular complexity index is 588. The molecule has 6 heteroatoms. The van der Waals surface area contributed by atoms with Crippen LogP contribution in [0.1, 0.15) is 34.1 Å². The largest absolute Gasteiger partial charge is 0.492 e. The van der Waals surface area contributed by atoms with Crippen LogP contribution in [0.25, 0.3) is 0 Å². The predicted octanol–water partition coefficient (Wildman–Crippen LogP) is 4.75. The highest BCUT2D eigenvalue weighted by molar-refractivity contribution is 6.32. The van der Waals surface area contributed by atoms with E-state index in [9.17, 15) is 9.18 Å². The van der Waals surface area contributed by atoms with Crippen LogP contribution in [0.3, 0.4) is 0 Å². The molecule has 2 rings (SSSR count). The van der Waals surface area contributed by atoms with Crippen molar-refractivity contribution in [1.29, 1.82) is 0 Å². The minimum Gasteiger partial charge on any atom is -0.492 e. The molecule has 1 aliphatic heterocycles. The quantitative estimate of drug-likeness (QED) is 0.783. The third-order valence-corrected chi connectivity index (χ3v) is 4.38. The monoisotopic (exact) mass is 357 g/mol. The molecule has 1 fully saturated rings. The summed E-state index contributed by atoms with van der Waals surface area (Å²) in [6, 6.07) is 4.11. The van der Waals surface area contributed by atoms with Crippen LogP contribution in [-0.2, 0) is 4.74 Å². The molecule has 0 saturated carbocycles. The van der Waals surface area contributed by atoms with Crippen LogP contribution in [-0.4, -0.2) is 36.3 Å². The maximum absolute atomic E-state index is 13.1. The van der Waals surface area contributed by atoms with Crippen molar-refractivity contribution < 1.29 is 18.7 Å². The summed E-state index contributed by atoms with van der Waals surface area (Å²) in [6.07, 6.45) is 0.564. The minimum atomic E-state index is -0.486. The number of rotatable bonds is 3. The third kappa shape index (κ3) is 5.26. The first-order valence-corrected chi connectivity index (χ1v) is 8.59. The topological polar surface area (TPSA) is 38.8 Å². The van der Waals surface area contributed by atoms with E-state index in [4.69, 9.17) is 21.1 Å². The Morgan fingerprint density at radius 2 is 2.12 bits per heavy atom. The molecule has 1 saturated heterocycles. The van der Waals surface area contributed by atoms with Gasteiger partial charge in [0.05, 0.1) is 11.6 Å². The van der Waals surface area contributed by atoms with Gasteiger partial charge in [-0.15, -0.1) is 0 Å². The molecule has 0 spiro atoms. The summed E-state index contributed by atoms with van der Waals surface area (Å²) in [7, 11) is 0. The Morgan fingerprint density at radius 1 is 1.42 bits per heavy atom. The number of carbonyl (C=O) groups excluding carboxylic acids is 1. The number of nitrogens with zero attached hydrogens (tertiary/aromatic N) is 1. The highest BCUT2D eigenvalue weighted by Gasteiger charge is 2.31. The Balaban J connectivity index is 1.86. The van der Waals surface area contributed by atoms with Crippen LogP contribution in [0.15, 0.2) is 18.2 Å². The van der Waals surface area contributed by atoms with Crippen LogP contribution in [0.2, 0.25) is 5.02 Å². The summed E-state index contributed by atoms with van der Waals surface area (Å²) in [5, 5.41) is 0.272. The first-order valence-electron chi connectivity index (χ1n) is 8.21. The van der Waals surface area contributed by atoms with Crippen molar-refractivity contribution in [3.8, 4) is 5.75 Å². The van der Waals surface area contributed by atoms with Gasteiger partial charge in [0.25, 0.3) is 0 Å². The zero-order valence-corrected chi connectivity index (χ0v) is 15.4. The lowest BCUT2D eigenvalue weighted by Crippen LogP contribution is -2.46. The molecule has 0 aliphatic carbocycles. The van der Waals surface area contributed by atoms with Gasteiger partial charge in [0.2, 0.25) is 0 Å². The van der Waals surface area contributed by atoms with E-state index in [-0.39, 0.29) is 22.9 Å². The molecule has 1 aliphatic rings. The lowest BCUT2D eigenvalue weighted by Gasteiger charge is -2.37. The average Bonchev–Trinajstić information content (AvgIpc) is 2.45. The number of likely N-dealkylation sites (tertiary alicyclic amines) is 1. The molecule has 0 aromatic heterocycles. The van der Waals surface area contributed by atoms with Gasteiger partial charge in [0.1, 0.15) is 17.2 Å². The standard InChI is InChI=1S/C18H25ClFNO3/c1-12-10-21(17(22)24-18(2,3)4)8-7-13(12)11-23-16-6-5-14(20)9-15(16)19/h5-6,9,12-13H,7-8,10-11H2,1-4H3/t12-,13-/m0/s1. The summed E-state index contributed by atoms with van der Waals surface area (Å²) in [4.78, 5) is 13.9. The second-order valence-corrected chi connectivity index (χ2v) is 7.75. The van der Waals surface area contributed by atoms with Gasteiger partial charge in [-0.3, -0.25) is 0 Å². The molecule has 2 atom stereocenters. The summed E-state index contributed by atoms with van der Waals surface area (Å²) >= 11 is 5.98. The molecule has 1 amide bonds. The predicted molar refractivity (Wildman–Crippen MR) is 92.0 cm³/mol. The maximum atomic E-state index is 13.1. The van der Waals surface area contributed by atoms with E-state index in [1.54, 1.807) is 4.90 Å². The number of piperidine rings is 1. The number of hydrogen-bond donors (Lipinski definition) is 0. The lowest BCUT2D eigenvalue weighted by atomic mass is 9.88. The molecular formula is C18H25ClFNO3. The van der Waals surface area contributed by atoms with Crippen molar-refractivity contribution in [2.45, 2.75) is 39.7 Å². The van der Waals surface area contributed by atoms with Gasteiger partial charge in [0.15, 0.2) is 0 Å². The molecule has 24 heavy (non-hydrogen) atoms. The van der Waals surface area contributed by atoms with Crippen molar-refractivity contribution >= 4 is 17.7 Å². The normalized spacial score (nSPS) is 21.5. The van der Waals surface area contributed by atoms with Crippen molar-refractivity contribution in [1.82, 2.24) is 4.90 Å². The fourth-order valence-corrected chi connectivity index (χ4v) is 2.94. The van der Waals surface area contributed by atoms with Gasteiger partial charge in [-0.25, -0.2) is 9.18 Å². The number of ether oxygens (including phenoxy) is 2. The Kier molecular flexibility index (Phi) is 5.97. The van der Waals surface area contributed by atoms with Crippen LogP contribution >= 0.6 is 11.6 Å². The van der Waals surface area contributed by atoms with Gasteiger partial charge in [-0.05, 0) is 57.2 Å². The summed E-state index contributed by atoms with van der Waals surface area (Å²) in [5.74, 6) is 0.696. The van der Waals surface area contributed by atoms with Crippen LogP contribution in [0.5, 0.6) is 5.75 Å². The summed E-state index contributed by atoms with van der Waals surface area (Å²) in [5.41, 5.74) is -0.486. The first-order chi connectivity index (χ1) is 11.2. The number of halogens is 2. The van der Waals surface area contributed by atoms with Crippen molar-refractivity contribution in [3.63, 3.8) is 0 Å². The van der Waals surface area contributed by atoms with E-state index in [0.29, 0.717) is 31.4 Å². The highest BCUT2D eigenvalue weighted by atomic mass is 35.5. The van der Waals surface area contributed by atoms with Crippen LogP contribution < -0.4 is 4.74 Å². The number of amides is 1. The van der Waals surface area contributed by atoms with Gasteiger partial charge in [-0.2, -0.15) is 0 Å². The van der Waals surface area contributed by atoms with Gasteiger partial charge in [-0.1, -0.05) is 18.5 Å². The van der Waals surface area contributed by atoms with E-state index in [2.05, 4.69) is 6.92 Å². The first kappa shape index (κ1) is 18.8. The Hall–Kier alpha value is -1.49. The zero-order valence-electron chi connectivity index (χ0n) is 14.6. The molecule has 1 heterocycles. The lowest BCUT2D eigenvalue weighted by molar-refractivity contribution is 0.00808. The van der Waals surface area contributed by atoms with Crippen molar-refractivity contribution in [2.75, 3.05) is 19.7 Å². The van der Waals surface area contributed by atoms with E-state index in [1.165, 1.54) is 18.2 Å².